The number of furan rings is 1. The number of anilines is 2. The van der Waals surface area contributed by atoms with Crippen LogP contribution < -0.4 is 10.3 Å². The smallest absolute Gasteiger partial charge is 0.291 e. The van der Waals surface area contributed by atoms with E-state index >= 15 is 0 Å². The van der Waals surface area contributed by atoms with E-state index < -0.39 is 0 Å². The zero-order valence-corrected chi connectivity index (χ0v) is 20.6. The number of nitrogens with one attached hydrogen (secondary N) is 1. The summed E-state index contributed by atoms with van der Waals surface area (Å²) in [5.74, 6) is 0.754. The van der Waals surface area contributed by atoms with Gasteiger partial charge in [0.05, 0.1) is 42.1 Å². The van der Waals surface area contributed by atoms with Crippen molar-refractivity contribution in [1.29, 1.82) is 0 Å². The van der Waals surface area contributed by atoms with Crippen molar-refractivity contribution in [2.45, 2.75) is 32.7 Å². The van der Waals surface area contributed by atoms with E-state index in [0.29, 0.717) is 24.8 Å². The van der Waals surface area contributed by atoms with Crippen molar-refractivity contribution in [2.24, 2.45) is 15.3 Å². The molecule has 10 nitrogen and oxygen atoms in total. The summed E-state index contributed by atoms with van der Waals surface area (Å²) in [5, 5.41) is 13.6. The van der Waals surface area contributed by atoms with Crippen molar-refractivity contribution >= 4 is 23.5 Å². The Morgan fingerprint density at radius 3 is 2.83 bits per heavy atom. The Hall–Kier alpha value is -3.37. The van der Waals surface area contributed by atoms with E-state index in [-0.39, 0.29) is 11.7 Å². The molecule has 184 valence electrons. The third-order valence-electron chi connectivity index (χ3n) is 6.83. The molecule has 0 spiro atoms. The normalized spacial score (nSPS) is 23.3. The quantitative estimate of drug-likeness (QED) is 0.710. The lowest BCUT2D eigenvalue weighted by atomic mass is 10.00. The Bertz CT molecular complexity index is 1180. The van der Waals surface area contributed by atoms with Gasteiger partial charge in [0.15, 0.2) is 5.76 Å². The van der Waals surface area contributed by atoms with E-state index in [1.54, 1.807) is 12.3 Å². The number of rotatable bonds is 5. The predicted octanol–water partition coefficient (Wildman–Crippen LogP) is 3.33. The first-order valence-corrected chi connectivity index (χ1v) is 12.2. The Balaban J connectivity index is 1.27. The van der Waals surface area contributed by atoms with E-state index in [9.17, 15) is 4.79 Å². The Labute approximate surface area is 205 Å². The number of pyridine rings is 1. The lowest BCUT2D eigenvalue weighted by Crippen LogP contribution is -2.50. The molecule has 0 bridgehead atoms. The van der Waals surface area contributed by atoms with Gasteiger partial charge in [0, 0.05) is 44.9 Å². The molecule has 1 unspecified atom stereocenters. The lowest BCUT2D eigenvalue weighted by molar-refractivity contribution is 0.0995. The SMILES string of the molecule is CCc1ccc(C(=O)Nc2cnc(C)c(N3C/C(=C4/CN=CC(N5CCN(C)CC5)C4)N=N3)c2)o1. The van der Waals surface area contributed by atoms with Gasteiger partial charge in [-0.3, -0.25) is 19.7 Å². The molecule has 10 heteroatoms. The van der Waals surface area contributed by atoms with Crippen molar-refractivity contribution in [3.8, 4) is 0 Å². The van der Waals surface area contributed by atoms with Crippen LogP contribution in [0.2, 0.25) is 0 Å². The van der Waals surface area contributed by atoms with E-state index in [1.165, 1.54) is 5.57 Å². The average molecular weight is 477 g/mol. The number of hydrogen-bond acceptors (Lipinski definition) is 9. The molecule has 2 aromatic heterocycles. The van der Waals surface area contributed by atoms with Gasteiger partial charge in [-0.05, 0) is 44.2 Å². The number of carbonyl (C=O) groups excluding carboxylic acids is 1. The van der Waals surface area contributed by atoms with Gasteiger partial charge < -0.3 is 14.6 Å². The number of aliphatic imine (C=N–C) groups is 1. The second-order valence-electron chi connectivity index (χ2n) is 9.30. The van der Waals surface area contributed by atoms with Gasteiger partial charge in [0.1, 0.15) is 5.76 Å². The molecule has 3 aliphatic rings. The molecule has 1 atom stereocenters. The average Bonchev–Trinajstić information content (AvgIpc) is 3.56. The molecule has 3 aliphatic heterocycles. The number of nitrogens with zero attached hydrogens (tertiary/aromatic N) is 7. The van der Waals surface area contributed by atoms with Crippen molar-refractivity contribution in [3.05, 3.63) is 52.9 Å². The fraction of sp³-hybridized carbons (Fsp3) is 0.480. The van der Waals surface area contributed by atoms with Crippen LogP contribution in [-0.4, -0.2) is 79.3 Å². The van der Waals surface area contributed by atoms with Crippen LogP contribution in [0.1, 0.15) is 35.4 Å². The number of aromatic nitrogens is 1. The van der Waals surface area contributed by atoms with E-state index in [2.05, 4.69) is 48.7 Å². The number of aryl methyl sites for hydroxylation is 2. The summed E-state index contributed by atoms with van der Waals surface area (Å²) in [5.41, 5.74) is 4.42. The predicted molar refractivity (Wildman–Crippen MR) is 135 cm³/mol. The molecular formula is C25H32N8O2. The molecule has 0 aromatic carbocycles. The molecule has 5 heterocycles. The van der Waals surface area contributed by atoms with Gasteiger partial charge in [0.25, 0.3) is 5.91 Å². The number of likely N-dealkylation sites (N-methyl/N-ethyl adjacent to an activating group) is 1. The fourth-order valence-electron chi connectivity index (χ4n) is 4.60. The molecular weight excluding hydrogens is 444 g/mol. The highest BCUT2D eigenvalue weighted by Crippen LogP contribution is 2.30. The zero-order chi connectivity index (χ0) is 24.4. The van der Waals surface area contributed by atoms with Crippen LogP contribution >= 0.6 is 0 Å². The van der Waals surface area contributed by atoms with Crippen LogP contribution in [-0.2, 0) is 6.42 Å². The summed E-state index contributed by atoms with van der Waals surface area (Å²) in [6.07, 6.45) is 5.42. The summed E-state index contributed by atoms with van der Waals surface area (Å²) in [4.78, 5) is 26.6. The number of hydrogen-bond donors (Lipinski definition) is 1. The maximum absolute atomic E-state index is 12.6. The van der Waals surface area contributed by atoms with Crippen LogP contribution in [0.5, 0.6) is 0 Å². The topological polar surface area (TPSA) is 102 Å². The van der Waals surface area contributed by atoms with Crippen LogP contribution in [0.25, 0.3) is 0 Å². The van der Waals surface area contributed by atoms with Gasteiger partial charge in [0.2, 0.25) is 0 Å². The first-order valence-electron chi connectivity index (χ1n) is 12.2. The number of carbonyl (C=O) groups is 1. The van der Waals surface area contributed by atoms with E-state index in [4.69, 9.17) is 4.42 Å². The van der Waals surface area contributed by atoms with Gasteiger partial charge in [-0.15, -0.1) is 5.11 Å². The van der Waals surface area contributed by atoms with Crippen LogP contribution in [0.3, 0.4) is 0 Å². The summed E-state index contributed by atoms with van der Waals surface area (Å²) in [6.45, 7) is 9.44. The molecule has 0 aliphatic carbocycles. The Kier molecular flexibility index (Phi) is 6.74. The second-order valence-corrected chi connectivity index (χ2v) is 9.30. The standard InChI is InChI=1S/C25H32N8O2/c1-4-21-5-6-24(35-21)25(34)28-19-12-23(17(2)27-14-19)33-16-22(29-30-33)18-11-20(15-26-13-18)32-9-7-31(3)8-10-32/h5-6,12,14-15,20H,4,7-11,13,16H2,1-3H3,(H,28,34)/b22-18-. The van der Waals surface area contributed by atoms with E-state index in [0.717, 1.165) is 61.9 Å². The third kappa shape index (κ3) is 5.18. The number of piperazine rings is 1. The highest BCUT2D eigenvalue weighted by Gasteiger charge is 2.28. The molecule has 1 saturated heterocycles. The summed E-state index contributed by atoms with van der Waals surface area (Å²) < 4.78 is 5.56. The van der Waals surface area contributed by atoms with Gasteiger partial charge in [-0.1, -0.05) is 12.1 Å². The summed E-state index contributed by atoms with van der Waals surface area (Å²) in [6, 6.07) is 5.70. The van der Waals surface area contributed by atoms with Crippen LogP contribution in [0, 0.1) is 6.92 Å². The Morgan fingerprint density at radius 2 is 2.06 bits per heavy atom. The molecule has 5 rings (SSSR count). The largest absolute Gasteiger partial charge is 0.456 e. The maximum Gasteiger partial charge on any atom is 0.291 e. The molecule has 2 aromatic rings. The first-order chi connectivity index (χ1) is 17.0. The monoisotopic (exact) mass is 476 g/mol. The molecule has 1 fully saturated rings. The van der Waals surface area contributed by atoms with Crippen molar-refractivity contribution in [1.82, 2.24) is 14.8 Å². The minimum Gasteiger partial charge on any atom is -0.456 e. The van der Waals surface area contributed by atoms with Gasteiger partial charge in [-0.2, -0.15) is 0 Å². The van der Waals surface area contributed by atoms with Crippen molar-refractivity contribution in [3.63, 3.8) is 0 Å². The number of amides is 1. The summed E-state index contributed by atoms with van der Waals surface area (Å²) >= 11 is 0. The molecule has 0 radical (unpaired) electrons. The van der Waals surface area contributed by atoms with E-state index in [1.807, 2.05) is 31.0 Å². The van der Waals surface area contributed by atoms with Gasteiger partial charge in [-0.25, -0.2) is 5.01 Å². The maximum atomic E-state index is 12.6. The highest BCUT2D eigenvalue weighted by atomic mass is 16.3. The molecule has 35 heavy (non-hydrogen) atoms. The van der Waals surface area contributed by atoms with Gasteiger partial charge >= 0.3 is 0 Å². The van der Waals surface area contributed by atoms with Crippen LogP contribution in [0.15, 0.2) is 55.4 Å². The van der Waals surface area contributed by atoms with Crippen molar-refractivity contribution < 1.29 is 9.21 Å². The second kappa shape index (κ2) is 10.1. The highest BCUT2D eigenvalue weighted by molar-refractivity contribution is 6.02. The van der Waals surface area contributed by atoms with Crippen molar-refractivity contribution in [2.75, 3.05) is 56.6 Å². The minimum atomic E-state index is -0.304. The van der Waals surface area contributed by atoms with Crippen LogP contribution in [0.4, 0.5) is 11.4 Å². The third-order valence-corrected chi connectivity index (χ3v) is 6.83. The zero-order valence-electron chi connectivity index (χ0n) is 20.6. The molecule has 1 N–H and O–H groups in total. The first kappa shape index (κ1) is 23.4. The Morgan fingerprint density at radius 1 is 1.23 bits per heavy atom. The molecule has 1 amide bonds. The lowest BCUT2D eigenvalue weighted by Gasteiger charge is -2.37. The summed E-state index contributed by atoms with van der Waals surface area (Å²) in [7, 11) is 2.17. The fourth-order valence-corrected chi connectivity index (χ4v) is 4.60. The molecule has 0 saturated carbocycles. The minimum absolute atomic E-state index is 0.282.